The van der Waals surface area contributed by atoms with Crippen LogP contribution in [0.15, 0.2) is 47.4 Å². The first-order chi connectivity index (χ1) is 10.0. The smallest absolute Gasteiger partial charge is 0.123 e. The highest BCUT2D eigenvalue weighted by Crippen LogP contribution is 2.29. The number of halogens is 1. The van der Waals surface area contributed by atoms with Crippen molar-refractivity contribution in [2.75, 3.05) is 11.6 Å². The van der Waals surface area contributed by atoms with Gasteiger partial charge in [-0.3, -0.25) is 0 Å². The molecule has 0 saturated heterocycles. The summed E-state index contributed by atoms with van der Waals surface area (Å²) in [7, 11) is 0. The van der Waals surface area contributed by atoms with Crippen LogP contribution >= 0.6 is 24.0 Å². The third-order valence-corrected chi connectivity index (χ3v) is 4.22. The highest BCUT2D eigenvalue weighted by Gasteiger charge is 2.13. The van der Waals surface area contributed by atoms with E-state index < -0.39 is 0 Å². The van der Waals surface area contributed by atoms with Crippen molar-refractivity contribution in [2.45, 2.75) is 17.9 Å². The summed E-state index contributed by atoms with van der Waals surface area (Å²) >= 11 is 6.77. The van der Waals surface area contributed by atoms with Gasteiger partial charge in [-0.2, -0.15) is 0 Å². The number of anilines is 1. The SMILES string of the molecule is CSc1cccc(NC(C)c2ccc(F)cc2)c1C(N)=S. The average molecular weight is 320 g/mol. The fourth-order valence-electron chi connectivity index (χ4n) is 2.14. The van der Waals surface area contributed by atoms with Crippen molar-refractivity contribution < 1.29 is 4.39 Å². The zero-order chi connectivity index (χ0) is 15.4. The molecule has 110 valence electrons. The molecule has 0 spiro atoms. The molecule has 0 aliphatic rings. The van der Waals surface area contributed by atoms with E-state index in [0.29, 0.717) is 4.99 Å². The predicted octanol–water partition coefficient (Wildman–Crippen LogP) is 4.35. The summed E-state index contributed by atoms with van der Waals surface area (Å²) in [5.74, 6) is -0.237. The summed E-state index contributed by atoms with van der Waals surface area (Å²) in [5.41, 5.74) is 8.60. The van der Waals surface area contributed by atoms with Crippen molar-refractivity contribution >= 4 is 34.7 Å². The molecule has 0 bridgehead atoms. The lowest BCUT2D eigenvalue weighted by atomic mass is 10.1. The molecule has 2 aromatic carbocycles. The number of rotatable bonds is 5. The number of benzene rings is 2. The first kappa shape index (κ1) is 15.8. The molecular formula is C16H17FN2S2. The van der Waals surface area contributed by atoms with Gasteiger partial charge in [0.1, 0.15) is 10.8 Å². The average Bonchev–Trinajstić information content (AvgIpc) is 2.47. The summed E-state index contributed by atoms with van der Waals surface area (Å²) < 4.78 is 13.0. The molecule has 2 rings (SSSR count). The Morgan fingerprint density at radius 3 is 2.48 bits per heavy atom. The van der Waals surface area contributed by atoms with Gasteiger partial charge in [-0.1, -0.05) is 30.4 Å². The third kappa shape index (κ3) is 3.74. The van der Waals surface area contributed by atoms with Crippen LogP contribution in [0.3, 0.4) is 0 Å². The first-order valence-electron chi connectivity index (χ1n) is 6.51. The van der Waals surface area contributed by atoms with Crippen LogP contribution in [-0.2, 0) is 0 Å². The minimum Gasteiger partial charge on any atom is -0.389 e. The van der Waals surface area contributed by atoms with E-state index in [-0.39, 0.29) is 11.9 Å². The molecule has 0 aliphatic carbocycles. The van der Waals surface area contributed by atoms with Gasteiger partial charge in [0, 0.05) is 22.2 Å². The normalized spacial score (nSPS) is 12.0. The largest absolute Gasteiger partial charge is 0.389 e. The Kier molecular flexibility index (Phi) is 5.20. The van der Waals surface area contributed by atoms with Crippen LogP contribution in [0.2, 0.25) is 0 Å². The standard InChI is InChI=1S/C16H17FN2S2/c1-10(11-6-8-12(17)9-7-11)19-13-4-3-5-14(21-2)15(13)16(18)20/h3-10,19H,1-2H3,(H2,18,20). The van der Waals surface area contributed by atoms with E-state index >= 15 is 0 Å². The Hall–Kier alpha value is -1.59. The summed E-state index contributed by atoms with van der Waals surface area (Å²) in [5, 5.41) is 3.40. The van der Waals surface area contributed by atoms with Crippen molar-refractivity contribution in [3.63, 3.8) is 0 Å². The topological polar surface area (TPSA) is 38.0 Å². The minimum atomic E-state index is -0.237. The van der Waals surface area contributed by atoms with Gasteiger partial charge in [0.25, 0.3) is 0 Å². The molecule has 2 nitrogen and oxygen atoms in total. The summed E-state index contributed by atoms with van der Waals surface area (Å²) in [6, 6.07) is 12.4. The molecule has 0 amide bonds. The van der Waals surface area contributed by atoms with Crippen molar-refractivity contribution in [1.29, 1.82) is 0 Å². The Morgan fingerprint density at radius 1 is 1.24 bits per heavy atom. The Balaban J connectivity index is 2.30. The fraction of sp³-hybridized carbons (Fsp3) is 0.188. The molecule has 0 saturated carbocycles. The molecule has 0 fully saturated rings. The Morgan fingerprint density at radius 2 is 1.90 bits per heavy atom. The van der Waals surface area contributed by atoms with Crippen LogP contribution in [0, 0.1) is 5.82 Å². The summed E-state index contributed by atoms with van der Waals surface area (Å²) in [4.78, 5) is 1.41. The monoisotopic (exact) mass is 320 g/mol. The number of thioether (sulfide) groups is 1. The number of hydrogen-bond acceptors (Lipinski definition) is 3. The van der Waals surface area contributed by atoms with Gasteiger partial charge in [0.05, 0.1) is 0 Å². The molecule has 0 aliphatic heterocycles. The molecule has 5 heteroatoms. The third-order valence-electron chi connectivity index (χ3n) is 3.23. The van der Waals surface area contributed by atoms with Crippen molar-refractivity contribution in [2.24, 2.45) is 5.73 Å². The highest BCUT2D eigenvalue weighted by molar-refractivity contribution is 7.98. The molecule has 1 unspecified atom stereocenters. The first-order valence-corrected chi connectivity index (χ1v) is 8.15. The number of thiocarbonyl (C=S) groups is 1. The van der Waals surface area contributed by atoms with E-state index in [9.17, 15) is 4.39 Å². The van der Waals surface area contributed by atoms with E-state index in [1.54, 1.807) is 23.9 Å². The Bertz CT molecular complexity index is 641. The van der Waals surface area contributed by atoms with Gasteiger partial charge >= 0.3 is 0 Å². The molecular weight excluding hydrogens is 303 g/mol. The van der Waals surface area contributed by atoms with E-state index in [1.165, 1.54) is 12.1 Å². The van der Waals surface area contributed by atoms with Crippen LogP contribution < -0.4 is 11.1 Å². The maximum Gasteiger partial charge on any atom is 0.123 e. The van der Waals surface area contributed by atoms with Gasteiger partial charge in [0.2, 0.25) is 0 Å². The van der Waals surface area contributed by atoms with E-state index in [1.807, 2.05) is 31.4 Å². The lowest BCUT2D eigenvalue weighted by Gasteiger charge is -2.19. The van der Waals surface area contributed by atoms with Crippen LogP contribution in [0.1, 0.15) is 24.1 Å². The quantitative estimate of drug-likeness (QED) is 0.634. The zero-order valence-corrected chi connectivity index (χ0v) is 13.5. The molecule has 0 radical (unpaired) electrons. The van der Waals surface area contributed by atoms with Gasteiger partial charge in [-0.05, 0) is 43.0 Å². The van der Waals surface area contributed by atoms with Crippen molar-refractivity contribution in [1.82, 2.24) is 0 Å². The second-order valence-electron chi connectivity index (χ2n) is 4.66. The molecule has 1 atom stereocenters. The van der Waals surface area contributed by atoms with Crippen LogP contribution in [0.5, 0.6) is 0 Å². The van der Waals surface area contributed by atoms with Gasteiger partial charge in [-0.25, -0.2) is 4.39 Å². The van der Waals surface area contributed by atoms with E-state index in [0.717, 1.165) is 21.7 Å². The van der Waals surface area contributed by atoms with Crippen LogP contribution in [0.25, 0.3) is 0 Å². The van der Waals surface area contributed by atoms with Crippen molar-refractivity contribution in [3.05, 3.63) is 59.4 Å². The second-order valence-corrected chi connectivity index (χ2v) is 5.95. The van der Waals surface area contributed by atoms with E-state index in [4.69, 9.17) is 18.0 Å². The second kappa shape index (κ2) is 6.91. The van der Waals surface area contributed by atoms with Gasteiger partial charge in [0.15, 0.2) is 0 Å². The number of nitrogens with two attached hydrogens (primary N) is 1. The highest BCUT2D eigenvalue weighted by atomic mass is 32.2. The molecule has 21 heavy (non-hydrogen) atoms. The summed E-state index contributed by atoms with van der Waals surface area (Å²) in [6.07, 6.45) is 1.99. The van der Waals surface area contributed by atoms with Crippen LogP contribution in [-0.4, -0.2) is 11.2 Å². The molecule has 2 aromatic rings. The molecule has 0 aromatic heterocycles. The van der Waals surface area contributed by atoms with Gasteiger partial charge in [-0.15, -0.1) is 11.8 Å². The molecule has 0 heterocycles. The zero-order valence-electron chi connectivity index (χ0n) is 11.9. The minimum absolute atomic E-state index is 0.0239. The number of nitrogens with one attached hydrogen (secondary N) is 1. The van der Waals surface area contributed by atoms with Crippen LogP contribution in [0.4, 0.5) is 10.1 Å². The maximum absolute atomic E-state index is 13.0. The lowest BCUT2D eigenvalue weighted by molar-refractivity contribution is 0.626. The summed E-state index contributed by atoms with van der Waals surface area (Å²) in [6.45, 7) is 2.02. The predicted molar refractivity (Wildman–Crippen MR) is 92.5 cm³/mol. The molecule has 3 N–H and O–H groups in total. The maximum atomic E-state index is 13.0. The fourth-order valence-corrected chi connectivity index (χ4v) is 3.07. The van der Waals surface area contributed by atoms with Gasteiger partial charge < -0.3 is 11.1 Å². The number of hydrogen-bond donors (Lipinski definition) is 2. The van der Waals surface area contributed by atoms with E-state index in [2.05, 4.69) is 5.32 Å². The lowest BCUT2D eigenvalue weighted by Crippen LogP contribution is -2.16. The Labute approximate surface area is 133 Å². The van der Waals surface area contributed by atoms with Crippen molar-refractivity contribution in [3.8, 4) is 0 Å².